The van der Waals surface area contributed by atoms with Gasteiger partial charge in [-0.3, -0.25) is 4.79 Å². The Morgan fingerprint density at radius 1 is 1.26 bits per heavy atom. The molecule has 0 aromatic heterocycles. The average molecular weight is 313 g/mol. The molecule has 0 aliphatic carbocycles. The van der Waals surface area contributed by atoms with Crippen LogP contribution in [0.2, 0.25) is 0 Å². The molecular weight excluding hydrogens is 290 g/mol. The van der Waals surface area contributed by atoms with E-state index in [1.807, 2.05) is 37.3 Å². The lowest BCUT2D eigenvalue weighted by Gasteiger charge is -2.15. The molecule has 1 saturated heterocycles. The molecule has 0 radical (unpaired) electrons. The van der Waals surface area contributed by atoms with Crippen LogP contribution in [0.25, 0.3) is 10.8 Å². The zero-order chi connectivity index (χ0) is 16.2. The SMILES string of the molecule is COc1ccc2cc(C(C)C(=O)OCC3CCCN3)ccc2c1. The minimum absolute atomic E-state index is 0.161. The summed E-state index contributed by atoms with van der Waals surface area (Å²) in [5.74, 6) is 0.413. The largest absolute Gasteiger partial charge is 0.497 e. The van der Waals surface area contributed by atoms with E-state index in [9.17, 15) is 4.79 Å². The molecule has 1 heterocycles. The fourth-order valence-corrected chi connectivity index (χ4v) is 2.98. The first kappa shape index (κ1) is 15.8. The second kappa shape index (κ2) is 7.01. The van der Waals surface area contributed by atoms with Crippen LogP contribution in [0, 0.1) is 0 Å². The number of nitrogens with one attached hydrogen (secondary N) is 1. The van der Waals surface area contributed by atoms with Gasteiger partial charge in [0, 0.05) is 6.04 Å². The van der Waals surface area contributed by atoms with Crippen LogP contribution in [-0.4, -0.2) is 32.3 Å². The van der Waals surface area contributed by atoms with Gasteiger partial charge in [-0.2, -0.15) is 0 Å². The summed E-state index contributed by atoms with van der Waals surface area (Å²) in [6, 6.07) is 12.3. The summed E-state index contributed by atoms with van der Waals surface area (Å²) in [5.41, 5.74) is 0.979. The fourth-order valence-electron chi connectivity index (χ4n) is 2.98. The van der Waals surface area contributed by atoms with Crippen LogP contribution in [0.4, 0.5) is 0 Å². The number of fused-ring (bicyclic) bond motifs is 1. The minimum Gasteiger partial charge on any atom is -0.497 e. The molecule has 0 saturated carbocycles. The molecule has 2 aromatic carbocycles. The lowest BCUT2D eigenvalue weighted by Crippen LogP contribution is -2.29. The predicted molar refractivity (Wildman–Crippen MR) is 90.9 cm³/mol. The van der Waals surface area contributed by atoms with Crippen molar-refractivity contribution in [3.05, 3.63) is 42.0 Å². The molecule has 0 bridgehead atoms. The molecule has 1 N–H and O–H groups in total. The number of hydrogen-bond donors (Lipinski definition) is 1. The van der Waals surface area contributed by atoms with Crippen molar-refractivity contribution in [2.75, 3.05) is 20.3 Å². The van der Waals surface area contributed by atoms with E-state index in [4.69, 9.17) is 9.47 Å². The highest BCUT2D eigenvalue weighted by molar-refractivity contribution is 5.86. The van der Waals surface area contributed by atoms with Gasteiger partial charge < -0.3 is 14.8 Å². The van der Waals surface area contributed by atoms with Crippen molar-refractivity contribution in [3.8, 4) is 5.75 Å². The molecule has 3 rings (SSSR count). The van der Waals surface area contributed by atoms with E-state index in [2.05, 4.69) is 11.4 Å². The van der Waals surface area contributed by atoms with Gasteiger partial charge in [0.25, 0.3) is 0 Å². The van der Waals surface area contributed by atoms with Gasteiger partial charge in [0.05, 0.1) is 13.0 Å². The smallest absolute Gasteiger partial charge is 0.313 e. The molecular formula is C19H23NO3. The van der Waals surface area contributed by atoms with Crippen LogP contribution in [0.3, 0.4) is 0 Å². The lowest BCUT2D eigenvalue weighted by atomic mass is 9.98. The molecule has 4 heteroatoms. The van der Waals surface area contributed by atoms with Crippen molar-refractivity contribution in [1.29, 1.82) is 0 Å². The Balaban J connectivity index is 1.69. The number of hydrogen-bond acceptors (Lipinski definition) is 4. The lowest BCUT2D eigenvalue weighted by molar-refractivity contribution is -0.145. The number of methoxy groups -OCH3 is 1. The zero-order valence-electron chi connectivity index (χ0n) is 13.7. The molecule has 2 atom stereocenters. The van der Waals surface area contributed by atoms with E-state index in [0.717, 1.165) is 41.5 Å². The van der Waals surface area contributed by atoms with Gasteiger partial charge in [-0.05, 0) is 54.8 Å². The Morgan fingerprint density at radius 3 is 2.78 bits per heavy atom. The van der Waals surface area contributed by atoms with Crippen molar-refractivity contribution < 1.29 is 14.3 Å². The van der Waals surface area contributed by atoms with Gasteiger partial charge in [0.15, 0.2) is 0 Å². The summed E-state index contributed by atoms with van der Waals surface area (Å²) in [6.07, 6.45) is 2.24. The highest BCUT2D eigenvalue weighted by atomic mass is 16.5. The first-order valence-electron chi connectivity index (χ1n) is 8.15. The van der Waals surface area contributed by atoms with E-state index >= 15 is 0 Å². The van der Waals surface area contributed by atoms with Crippen LogP contribution in [0.15, 0.2) is 36.4 Å². The number of benzene rings is 2. The van der Waals surface area contributed by atoms with Crippen LogP contribution >= 0.6 is 0 Å². The highest BCUT2D eigenvalue weighted by Crippen LogP contribution is 2.25. The predicted octanol–water partition coefficient (Wildman–Crippen LogP) is 3.25. The molecule has 1 fully saturated rings. The Kier molecular flexibility index (Phi) is 4.82. The van der Waals surface area contributed by atoms with Crippen molar-refractivity contribution >= 4 is 16.7 Å². The Bertz CT molecular complexity index is 692. The average Bonchev–Trinajstić information content (AvgIpc) is 3.11. The summed E-state index contributed by atoms with van der Waals surface area (Å²) >= 11 is 0. The van der Waals surface area contributed by atoms with Crippen molar-refractivity contribution in [3.63, 3.8) is 0 Å². The fraction of sp³-hybridized carbons (Fsp3) is 0.421. The summed E-state index contributed by atoms with van der Waals surface area (Å²) in [5, 5.41) is 5.53. The highest BCUT2D eigenvalue weighted by Gasteiger charge is 2.20. The molecule has 1 aliphatic heterocycles. The van der Waals surface area contributed by atoms with Gasteiger partial charge in [-0.25, -0.2) is 0 Å². The van der Waals surface area contributed by atoms with Crippen molar-refractivity contribution in [2.24, 2.45) is 0 Å². The van der Waals surface area contributed by atoms with E-state index in [0.29, 0.717) is 12.6 Å². The topological polar surface area (TPSA) is 47.6 Å². The van der Waals surface area contributed by atoms with Gasteiger partial charge in [0.2, 0.25) is 0 Å². The van der Waals surface area contributed by atoms with E-state index < -0.39 is 0 Å². The Labute approximate surface area is 136 Å². The molecule has 23 heavy (non-hydrogen) atoms. The maximum Gasteiger partial charge on any atom is 0.313 e. The van der Waals surface area contributed by atoms with Gasteiger partial charge in [-0.1, -0.05) is 24.3 Å². The molecule has 0 amide bonds. The second-order valence-corrected chi connectivity index (χ2v) is 6.12. The number of rotatable bonds is 5. The quantitative estimate of drug-likeness (QED) is 0.861. The number of carbonyl (C=O) groups is 1. The zero-order valence-corrected chi connectivity index (χ0v) is 13.7. The third kappa shape index (κ3) is 3.64. The second-order valence-electron chi connectivity index (χ2n) is 6.12. The summed E-state index contributed by atoms with van der Waals surface area (Å²) in [4.78, 5) is 12.3. The van der Waals surface area contributed by atoms with Crippen molar-refractivity contribution in [2.45, 2.75) is 31.7 Å². The van der Waals surface area contributed by atoms with Crippen LogP contribution < -0.4 is 10.1 Å². The normalized spacial score (nSPS) is 18.8. The first-order chi connectivity index (χ1) is 11.2. The molecule has 4 nitrogen and oxygen atoms in total. The first-order valence-corrected chi connectivity index (χ1v) is 8.15. The van der Waals surface area contributed by atoms with Gasteiger partial charge in [0.1, 0.15) is 12.4 Å². The molecule has 2 unspecified atom stereocenters. The minimum atomic E-state index is -0.261. The van der Waals surface area contributed by atoms with Gasteiger partial charge in [-0.15, -0.1) is 0 Å². The maximum absolute atomic E-state index is 12.3. The third-order valence-electron chi connectivity index (χ3n) is 4.51. The third-order valence-corrected chi connectivity index (χ3v) is 4.51. The summed E-state index contributed by atoms with van der Waals surface area (Å²) in [7, 11) is 1.66. The molecule has 122 valence electrons. The molecule has 1 aliphatic rings. The van der Waals surface area contributed by atoms with E-state index in [1.165, 1.54) is 0 Å². The number of carbonyl (C=O) groups excluding carboxylic acids is 1. The maximum atomic E-state index is 12.3. The molecule has 2 aromatic rings. The van der Waals surface area contributed by atoms with Crippen LogP contribution in [0.1, 0.15) is 31.2 Å². The van der Waals surface area contributed by atoms with E-state index in [-0.39, 0.29) is 11.9 Å². The van der Waals surface area contributed by atoms with Gasteiger partial charge >= 0.3 is 5.97 Å². The Hall–Kier alpha value is -2.07. The van der Waals surface area contributed by atoms with Crippen LogP contribution in [0.5, 0.6) is 5.75 Å². The summed E-state index contributed by atoms with van der Waals surface area (Å²) in [6.45, 7) is 3.38. The number of ether oxygens (including phenoxy) is 2. The molecule has 0 spiro atoms. The standard InChI is InChI=1S/C19H23NO3/c1-13(19(21)23-12-17-4-3-9-20-17)14-5-6-16-11-18(22-2)8-7-15(16)10-14/h5-8,10-11,13,17,20H,3-4,9,12H2,1-2H3. The Morgan fingerprint density at radius 2 is 2.04 bits per heavy atom. The number of esters is 1. The monoisotopic (exact) mass is 313 g/mol. The van der Waals surface area contributed by atoms with E-state index in [1.54, 1.807) is 7.11 Å². The van der Waals surface area contributed by atoms with Crippen LogP contribution in [-0.2, 0) is 9.53 Å². The van der Waals surface area contributed by atoms with Crippen molar-refractivity contribution in [1.82, 2.24) is 5.32 Å². The summed E-state index contributed by atoms with van der Waals surface area (Å²) < 4.78 is 10.7.